The molecule has 0 aliphatic carbocycles. The predicted molar refractivity (Wildman–Crippen MR) is 94.7 cm³/mol. The number of halogens is 1. The Bertz CT molecular complexity index is 963. The third kappa shape index (κ3) is 2.96. The Balaban J connectivity index is 1.48. The number of nitrogens with one attached hydrogen (secondary N) is 1. The number of carbonyl (C=O) groups excluding carboxylic acids is 3. The van der Waals surface area contributed by atoms with E-state index >= 15 is 0 Å². The first kappa shape index (κ1) is 18.0. The highest BCUT2D eigenvalue weighted by atomic mass is 19.1. The Morgan fingerprint density at radius 2 is 1.93 bits per heavy atom. The number of amides is 3. The van der Waals surface area contributed by atoms with Crippen molar-refractivity contribution in [2.75, 3.05) is 13.2 Å². The molecule has 2 aromatic carbocycles. The standard InChI is InChI=1S/C20H17FN2O5/c21-15-7-3-1-5-13(15)12-28-17(24)11-23-18(25)20(22-19(23)26)9-10-27-16-8-4-2-6-14(16)20/h1-8H,9-12H2,(H,22,26)/t20-/m0/s1. The van der Waals surface area contributed by atoms with Gasteiger partial charge in [-0.2, -0.15) is 0 Å². The molecule has 0 bridgehead atoms. The molecule has 1 saturated heterocycles. The van der Waals surface area contributed by atoms with Crippen molar-refractivity contribution in [3.63, 3.8) is 0 Å². The van der Waals surface area contributed by atoms with E-state index < -0.39 is 35.8 Å². The Morgan fingerprint density at radius 1 is 1.18 bits per heavy atom. The summed E-state index contributed by atoms with van der Waals surface area (Å²) in [6.07, 6.45) is 0.259. The predicted octanol–water partition coefficient (Wildman–Crippen LogP) is 2.10. The maximum absolute atomic E-state index is 13.6. The fourth-order valence-corrected chi connectivity index (χ4v) is 3.46. The van der Waals surface area contributed by atoms with Crippen LogP contribution in [0, 0.1) is 5.82 Å². The van der Waals surface area contributed by atoms with Crippen LogP contribution in [0.15, 0.2) is 48.5 Å². The number of nitrogens with zero attached hydrogens (tertiary/aromatic N) is 1. The highest BCUT2D eigenvalue weighted by Gasteiger charge is 2.55. The second-order valence-electron chi connectivity index (χ2n) is 6.57. The first-order valence-electron chi connectivity index (χ1n) is 8.77. The molecule has 3 amide bonds. The van der Waals surface area contributed by atoms with Crippen LogP contribution in [0.4, 0.5) is 9.18 Å². The summed E-state index contributed by atoms with van der Waals surface area (Å²) in [5.74, 6) is -1.31. The van der Waals surface area contributed by atoms with Gasteiger partial charge in [-0.05, 0) is 12.1 Å². The zero-order valence-corrected chi connectivity index (χ0v) is 14.8. The van der Waals surface area contributed by atoms with Crippen molar-refractivity contribution in [3.8, 4) is 5.75 Å². The molecule has 1 atom stereocenters. The van der Waals surface area contributed by atoms with Crippen molar-refractivity contribution in [2.24, 2.45) is 0 Å². The molecular formula is C20H17FN2O5. The minimum atomic E-state index is -1.25. The summed E-state index contributed by atoms with van der Waals surface area (Å²) in [6, 6.07) is 12.2. The van der Waals surface area contributed by atoms with Crippen LogP contribution in [-0.4, -0.2) is 36.0 Å². The van der Waals surface area contributed by atoms with Gasteiger partial charge in [0.25, 0.3) is 5.91 Å². The van der Waals surface area contributed by atoms with Gasteiger partial charge in [-0.15, -0.1) is 0 Å². The van der Waals surface area contributed by atoms with Crippen LogP contribution in [0.3, 0.4) is 0 Å². The second kappa shape index (κ2) is 6.95. The summed E-state index contributed by atoms with van der Waals surface area (Å²) in [5, 5.41) is 2.70. The minimum Gasteiger partial charge on any atom is -0.493 e. The van der Waals surface area contributed by atoms with E-state index in [1.54, 1.807) is 30.3 Å². The topological polar surface area (TPSA) is 84.9 Å². The smallest absolute Gasteiger partial charge is 0.326 e. The van der Waals surface area contributed by atoms with Crippen LogP contribution in [0.5, 0.6) is 5.75 Å². The first-order valence-corrected chi connectivity index (χ1v) is 8.77. The number of rotatable bonds is 4. The van der Waals surface area contributed by atoms with Crippen LogP contribution in [0.1, 0.15) is 17.5 Å². The van der Waals surface area contributed by atoms with Crippen molar-refractivity contribution in [1.29, 1.82) is 0 Å². The summed E-state index contributed by atoms with van der Waals surface area (Å²) in [7, 11) is 0. The molecule has 2 aromatic rings. The number of carbonyl (C=O) groups is 3. The molecule has 1 fully saturated rings. The Labute approximate surface area is 160 Å². The molecule has 0 unspecified atom stereocenters. The number of fused-ring (bicyclic) bond motifs is 2. The van der Waals surface area contributed by atoms with Crippen molar-refractivity contribution in [3.05, 3.63) is 65.5 Å². The van der Waals surface area contributed by atoms with Gasteiger partial charge in [-0.3, -0.25) is 14.5 Å². The van der Waals surface area contributed by atoms with Crippen molar-refractivity contribution in [1.82, 2.24) is 10.2 Å². The second-order valence-corrected chi connectivity index (χ2v) is 6.57. The van der Waals surface area contributed by atoms with Crippen LogP contribution in [-0.2, 0) is 26.5 Å². The number of hydrogen-bond donors (Lipinski definition) is 1. The Kier molecular flexibility index (Phi) is 4.46. The maximum Gasteiger partial charge on any atom is 0.326 e. The van der Waals surface area contributed by atoms with Gasteiger partial charge in [0.15, 0.2) is 5.54 Å². The van der Waals surface area contributed by atoms with Crippen LogP contribution in [0.25, 0.3) is 0 Å². The molecule has 0 radical (unpaired) electrons. The maximum atomic E-state index is 13.6. The van der Waals surface area contributed by atoms with E-state index in [0.29, 0.717) is 11.3 Å². The molecule has 1 spiro atoms. The largest absolute Gasteiger partial charge is 0.493 e. The summed E-state index contributed by atoms with van der Waals surface area (Å²) in [5.41, 5.74) is -0.484. The van der Waals surface area contributed by atoms with E-state index in [-0.39, 0.29) is 25.2 Å². The van der Waals surface area contributed by atoms with Gasteiger partial charge in [0.05, 0.1) is 6.61 Å². The van der Waals surface area contributed by atoms with E-state index in [0.717, 1.165) is 4.90 Å². The molecule has 144 valence electrons. The molecule has 0 aromatic heterocycles. The van der Waals surface area contributed by atoms with E-state index in [9.17, 15) is 18.8 Å². The fourth-order valence-electron chi connectivity index (χ4n) is 3.46. The van der Waals surface area contributed by atoms with Gasteiger partial charge in [0, 0.05) is 17.5 Å². The van der Waals surface area contributed by atoms with Gasteiger partial charge in [0.2, 0.25) is 0 Å². The zero-order chi connectivity index (χ0) is 19.7. The summed E-state index contributed by atoms with van der Waals surface area (Å²) < 4.78 is 24.2. The molecular weight excluding hydrogens is 367 g/mol. The minimum absolute atomic E-state index is 0.211. The average Bonchev–Trinajstić information content (AvgIpc) is 2.92. The molecule has 4 rings (SSSR count). The number of imide groups is 1. The number of esters is 1. The number of ether oxygens (including phenoxy) is 2. The Morgan fingerprint density at radius 3 is 2.75 bits per heavy atom. The monoisotopic (exact) mass is 384 g/mol. The number of para-hydroxylation sites is 1. The Hall–Kier alpha value is -3.42. The quantitative estimate of drug-likeness (QED) is 0.645. The number of hydrogen-bond acceptors (Lipinski definition) is 5. The van der Waals surface area contributed by atoms with Gasteiger partial charge >= 0.3 is 12.0 Å². The third-order valence-electron chi connectivity index (χ3n) is 4.89. The van der Waals surface area contributed by atoms with Crippen molar-refractivity contribution < 1.29 is 28.2 Å². The number of urea groups is 1. The SMILES string of the molecule is O=C(CN1C(=O)N[C@]2(CCOc3ccccc32)C1=O)OCc1ccccc1F. The fraction of sp³-hybridized carbons (Fsp3) is 0.250. The molecule has 1 N–H and O–H groups in total. The highest BCUT2D eigenvalue weighted by Crippen LogP contribution is 2.40. The van der Waals surface area contributed by atoms with E-state index in [2.05, 4.69) is 5.32 Å². The summed E-state index contributed by atoms with van der Waals surface area (Å²) >= 11 is 0. The summed E-state index contributed by atoms with van der Waals surface area (Å²) in [4.78, 5) is 38.4. The van der Waals surface area contributed by atoms with Gasteiger partial charge < -0.3 is 14.8 Å². The molecule has 2 aliphatic rings. The van der Waals surface area contributed by atoms with Crippen molar-refractivity contribution in [2.45, 2.75) is 18.6 Å². The van der Waals surface area contributed by atoms with Crippen LogP contribution in [0.2, 0.25) is 0 Å². The number of benzene rings is 2. The van der Waals surface area contributed by atoms with E-state index in [4.69, 9.17) is 9.47 Å². The lowest BCUT2D eigenvalue weighted by Crippen LogP contribution is -2.47. The normalized spacial score (nSPS) is 20.5. The molecule has 8 heteroatoms. The molecule has 0 saturated carbocycles. The molecule has 7 nitrogen and oxygen atoms in total. The van der Waals surface area contributed by atoms with Crippen molar-refractivity contribution >= 4 is 17.9 Å². The summed E-state index contributed by atoms with van der Waals surface area (Å²) in [6.45, 7) is -0.574. The zero-order valence-electron chi connectivity index (χ0n) is 14.8. The average molecular weight is 384 g/mol. The first-order chi connectivity index (χ1) is 13.5. The lowest BCUT2D eigenvalue weighted by molar-refractivity contribution is -0.149. The van der Waals surface area contributed by atoms with Crippen LogP contribution >= 0.6 is 0 Å². The lowest BCUT2D eigenvalue weighted by Gasteiger charge is -2.33. The third-order valence-corrected chi connectivity index (χ3v) is 4.89. The molecule has 28 heavy (non-hydrogen) atoms. The van der Waals surface area contributed by atoms with Gasteiger partial charge in [-0.1, -0.05) is 36.4 Å². The molecule has 2 aliphatic heterocycles. The lowest BCUT2D eigenvalue weighted by atomic mass is 9.84. The van der Waals surface area contributed by atoms with Crippen LogP contribution < -0.4 is 10.1 Å². The highest BCUT2D eigenvalue weighted by molar-refractivity contribution is 6.09. The van der Waals surface area contributed by atoms with E-state index in [1.165, 1.54) is 18.2 Å². The van der Waals surface area contributed by atoms with Gasteiger partial charge in [-0.25, -0.2) is 9.18 Å². The van der Waals surface area contributed by atoms with Gasteiger partial charge in [0.1, 0.15) is 24.7 Å². The molecule has 2 heterocycles. The van der Waals surface area contributed by atoms with E-state index in [1.807, 2.05) is 0 Å².